The summed E-state index contributed by atoms with van der Waals surface area (Å²) in [6.07, 6.45) is 2.65. The van der Waals surface area contributed by atoms with E-state index in [4.69, 9.17) is 0 Å². The lowest BCUT2D eigenvalue weighted by Gasteiger charge is -2.36. The van der Waals surface area contributed by atoms with E-state index in [-0.39, 0.29) is 12.4 Å². The topological polar surface area (TPSA) is 12.0 Å². The van der Waals surface area contributed by atoms with E-state index in [1.54, 1.807) is 0 Å². The lowest BCUT2D eigenvalue weighted by Crippen LogP contribution is -2.41. The summed E-state index contributed by atoms with van der Waals surface area (Å²) in [7, 11) is 0. The summed E-state index contributed by atoms with van der Waals surface area (Å²) < 4.78 is 0.405. The van der Waals surface area contributed by atoms with Crippen molar-refractivity contribution in [2.24, 2.45) is 0 Å². The van der Waals surface area contributed by atoms with Crippen LogP contribution < -0.4 is 5.32 Å². The van der Waals surface area contributed by atoms with Crippen molar-refractivity contribution in [2.75, 3.05) is 6.54 Å². The number of hydrogen-bond acceptors (Lipinski definition) is 2. The fourth-order valence-corrected chi connectivity index (χ4v) is 4.19. The molecule has 0 saturated carbocycles. The molecule has 2 aliphatic heterocycles. The van der Waals surface area contributed by atoms with Gasteiger partial charge in [0, 0.05) is 15.7 Å². The van der Waals surface area contributed by atoms with Crippen LogP contribution in [0.5, 0.6) is 0 Å². The van der Waals surface area contributed by atoms with Crippen LogP contribution in [0.15, 0.2) is 29.2 Å². The standard InChI is InChI=1S/C12H15NS.ClH/c1-12-7-4-8-13-11(12)9-5-2-3-6-10(9)14-12;/h2-3,5-6,11,13H,4,7-8H2,1H3;1H. The highest BCUT2D eigenvalue weighted by atomic mass is 35.5. The van der Waals surface area contributed by atoms with E-state index in [1.165, 1.54) is 29.8 Å². The first-order chi connectivity index (χ1) is 6.80. The van der Waals surface area contributed by atoms with Crippen molar-refractivity contribution >= 4 is 24.2 Å². The maximum absolute atomic E-state index is 3.66. The number of hydrogen-bond donors (Lipinski definition) is 1. The molecule has 0 spiro atoms. The quantitative estimate of drug-likeness (QED) is 0.747. The number of thioether (sulfide) groups is 1. The summed E-state index contributed by atoms with van der Waals surface area (Å²) in [5.41, 5.74) is 1.51. The molecule has 0 radical (unpaired) electrons. The van der Waals surface area contributed by atoms with E-state index in [0.717, 1.165) is 0 Å². The highest BCUT2D eigenvalue weighted by Gasteiger charge is 2.44. The van der Waals surface area contributed by atoms with Gasteiger partial charge in [-0.25, -0.2) is 0 Å². The summed E-state index contributed by atoms with van der Waals surface area (Å²) in [4.78, 5) is 1.48. The normalized spacial score (nSPS) is 32.7. The molecule has 3 rings (SSSR count). The van der Waals surface area contributed by atoms with Crippen LogP contribution in [0.2, 0.25) is 0 Å². The number of fused-ring (bicyclic) bond motifs is 3. The molecule has 2 atom stereocenters. The molecule has 15 heavy (non-hydrogen) atoms. The molecule has 2 heterocycles. The largest absolute Gasteiger partial charge is 0.309 e. The molecule has 2 aliphatic rings. The summed E-state index contributed by atoms with van der Waals surface area (Å²) in [5, 5.41) is 3.66. The van der Waals surface area contributed by atoms with E-state index in [1.807, 2.05) is 0 Å². The molecule has 1 saturated heterocycles. The number of nitrogens with one attached hydrogen (secondary N) is 1. The molecular formula is C12H16ClNS. The molecule has 3 heteroatoms. The smallest absolute Gasteiger partial charge is 0.0481 e. The average molecular weight is 242 g/mol. The third-order valence-corrected chi connectivity index (χ3v) is 4.88. The molecule has 0 bridgehead atoms. The van der Waals surface area contributed by atoms with Crippen LogP contribution in [0, 0.1) is 0 Å². The van der Waals surface area contributed by atoms with Crippen molar-refractivity contribution < 1.29 is 0 Å². The van der Waals surface area contributed by atoms with Gasteiger partial charge in [0.1, 0.15) is 0 Å². The Morgan fingerprint density at radius 3 is 3.07 bits per heavy atom. The fraction of sp³-hybridized carbons (Fsp3) is 0.500. The number of halogens is 1. The maximum atomic E-state index is 3.66. The van der Waals surface area contributed by atoms with Crippen LogP contribution in [-0.4, -0.2) is 11.3 Å². The Labute approximate surface area is 101 Å². The lowest BCUT2D eigenvalue weighted by atomic mass is 9.87. The van der Waals surface area contributed by atoms with Crippen molar-refractivity contribution in [3.63, 3.8) is 0 Å². The second-order valence-electron chi connectivity index (χ2n) is 4.44. The second-order valence-corrected chi connectivity index (χ2v) is 6.02. The third-order valence-electron chi connectivity index (χ3n) is 3.38. The van der Waals surface area contributed by atoms with Gasteiger partial charge in [0.15, 0.2) is 0 Å². The molecule has 1 N–H and O–H groups in total. The molecule has 0 amide bonds. The van der Waals surface area contributed by atoms with Crippen molar-refractivity contribution in [1.82, 2.24) is 5.32 Å². The van der Waals surface area contributed by atoms with Gasteiger partial charge in [0.2, 0.25) is 0 Å². The fourth-order valence-electron chi connectivity index (χ4n) is 2.66. The molecule has 82 valence electrons. The van der Waals surface area contributed by atoms with Crippen LogP contribution in [0.25, 0.3) is 0 Å². The van der Waals surface area contributed by atoms with E-state index < -0.39 is 0 Å². The van der Waals surface area contributed by atoms with Crippen LogP contribution in [0.3, 0.4) is 0 Å². The van der Waals surface area contributed by atoms with E-state index in [9.17, 15) is 0 Å². The molecule has 2 unspecified atom stereocenters. The predicted octanol–water partition coefficient (Wildman–Crippen LogP) is 3.40. The lowest BCUT2D eigenvalue weighted by molar-refractivity contribution is 0.346. The Balaban J connectivity index is 0.000000853. The Morgan fingerprint density at radius 1 is 1.40 bits per heavy atom. The van der Waals surface area contributed by atoms with Gasteiger partial charge in [-0.2, -0.15) is 0 Å². The van der Waals surface area contributed by atoms with Crippen molar-refractivity contribution in [1.29, 1.82) is 0 Å². The molecule has 1 nitrogen and oxygen atoms in total. The Bertz CT molecular complexity index is 368. The summed E-state index contributed by atoms with van der Waals surface area (Å²) in [6, 6.07) is 9.41. The molecule has 0 aliphatic carbocycles. The van der Waals surface area contributed by atoms with Crippen LogP contribution in [0.4, 0.5) is 0 Å². The van der Waals surface area contributed by atoms with Crippen molar-refractivity contribution in [3.05, 3.63) is 29.8 Å². The first-order valence-electron chi connectivity index (χ1n) is 5.31. The van der Waals surface area contributed by atoms with Gasteiger partial charge in [0.25, 0.3) is 0 Å². The number of piperidine rings is 1. The van der Waals surface area contributed by atoms with Crippen LogP contribution in [-0.2, 0) is 0 Å². The number of rotatable bonds is 0. The Kier molecular flexibility index (Phi) is 3.02. The van der Waals surface area contributed by atoms with Gasteiger partial charge in [-0.1, -0.05) is 18.2 Å². The molecule has 1 fully saturated rings. The third kappa shape index (κ3) is 1.69. The minimum Gasteiger partial charge on any atom is -0.309 e. The highest BCUT2D eigenvalue weighted by molar-refractivity contribution is 8.01. The zero-order chi connectivity index (χ0) is 9.60. The summed E-state index contributed by atoms with van der Waals surface area (Å²) >= 11 is 2.06. The summed E-state index contributed by atoms with van der Waals surface area (Å²) in [5.74, 6) is 0. The summed E-state index contributed by atoms with van der Waals surface area (Å²) in [6.45, 7) is 3.57. The first-order valence-corrected chi connectivity index (χ1v) is 6.13. The average Bonchev–Trinajstić information content (AvgIpc) is 2.49. The van der Waals surface area contributed by atoms with Gasteiger partial charge in [-0.05, 0) is 37.9 Å². The second kappa shape index (κ2) is 4.00. The maximum Gasteiger partial charge on any atom is 0.0481 e. The monoisotopic (exact) mass is 241 g/mol. The van der Waals surface area contributed by atoms with Crippen LogP contribution in [0.1, 0.15) is 31.4 Å². The number of benzene rings is 1. The van der Waals surface area contributed by atoms with Gasteiger partial charge in [-0.3, -0.25) is 0 Å². The van der Waals surface area contributed by atoms with Gasteiger partial charge < -0.3 is 5.32 Å². The van der Waals surface area contributed by atoms with Gasteiger partial charge in [-0.15, -0.1) is 24.2 Å². The van der Waals surface area contributed by atoms with Crippen molar-refractivity contribution in [2.45, 2.75) is 35.4 Å². The molecule has 1 aromatic carbocycles. The Hall–Kier alpha value is -0.180. The molecule has 1 aromatic rings. The first kappa shape index (κ1) is 11.3. The van der Waals surface area contributed by atoms with E-state index in [0.29, 0.717) is 10.8 Å². The Morgan fingerprint density at radius 2 is 2.20 bits per heavy atom. The van der Waals surface area contributed by atoms with Crippen molar-refractivity contribution in [3.8, 4) is 0 Å². The van der Waals surface area contributed by atoms with E-state index in [2.05, 4.69) is 48.3 Å². The zero-order valence-corrected chi connectivity index (χ0v) is 10.5. The SMILES string of the molecule is CC12CCCNC1c1ccccc1S2.Cl. The van der Waals surface area contributed by atoms with Gasteiger partial charge >= 0.3 is 0 Å². The van der Waals surface area contributed by atoms with Crippen LogP contribution >= 0.6 is 24.2 Å². The highest BCUT2D eigenvalue weighted by Crippen LogP contribution is 2.55. The molecule has 0 aromatic heterocycles. The molecular weight excluding hydrogens is 226 g/mol. The minimum absolute atomic E-state index is 0. The predicted molar refractivity (Wildman–Crippen MR) is 67.9 cm³/mol. The van der Waals surface area contributed by atoms with Gasteiger partial charge in [0.05, 0.1) is 0 Å². The minimum atomic E-state index is 0. The zero-order valence-electron chi connectivity index (χ0n) is 8.82. The van der Waals surface area contributed by atoms with E-state index >= 15 is 0 Å².